The SMILES string of the molecule is COC(=O)C(C)(CSCc1ccccc1)N=[N+]=[N-]. The van der Waals surface area contributed by atoms with Crippen molar-refractivity contribution >= 4 is 17.7 Å². The number of nitrogens with zero attached hydrogens (tertiary/aromatic N) is 3. The molecule has 0 aliphatic rings. The van der Waals surface area contributed by atoms with E-state index in [1.807, 2.05) is 30.3 Å². The van der Waals surface area contributed by atoms with Gasteiger partial charge in [-0.05, 0) is 18.0 Å². The molecule has 0 fully saturated rings. The van der Waals surface area contributed by atoms with Crippen molar-refractivity contribution < 1.29 is 9.53 Å². The molecule has 1 unspecified atom stereocenters. The zero-order valence-corrected chi connectivity index (χ0v) is 11.2. The Morgan fingerprint density at radius 3 is 2.72 bits per heavy atom. The molecule has 1 aromatic rings. The third-order valence-electron chi connectivity index (χ3n) is 2.39. The van der Waals surface area contributed by atoms with Crippen LogP contribution in [-0.2, 0) is 15.3 Å². The molecule has 6 heteroatoms. The maximum absolute atomic E-state index is 11.6. The Balaban J connectivity index is 2.58. The highest BCUT2D eigenvalue weighted by molar-refractivity contribution is 7.98. The first-order valence-electron chi connectivity index (χ1n) is 5.39. The van der Waals surface area contributed by atoms with Gasteiger partial charge in [-0.3, -0.25) is 4.79 Å². The molecule has 0 N–H and O–H groups in total. The zero-order chi connectivity index (χ0) is 13.4. The van der Waals surface area contributed by atoms with Crippen LogP contribution in [0.1, 0.15) is 12.5 Å². The Bertz CT molecular complexity index is 446. The minimum absolute atomic E-state index is 0.388. The van der Waals surface area contributed by atoms with Crippen LogP contribution in [-0.4, -0.2) is 24.4 Å². The number of azide groups is 1. The predicted molar refractivity (Wildman–Crippen MR) is 72.2 cm³/mol. The first-order chi connectivity index (χ1) is 8.62. The number of methoxy groups -OCH3 is 1. The van der Waals surface area contributed by atoms with E-state index in [2.05, 4.69) is 14.8 Å². The van der Waals surface area contributed by atoms with Crippen LogP contribution < -0.4 is 0 Å². The molecular weight excluding hydrogens is 250 g/mol. The molecule has 5 nitrogen and oxygen atoms in total. The molecule has 1 rings (SSSR count). The van der Waals surface area contributed by atoms with Gasteiger partial charge in [0.2, 0.25) is 0 Å². The van der Waals surface area contributed by atoms with Gasteiger partial charge in [-0.2, -0.15) is 11.8 Å². The van der Waals surface area contributed by atoms with Crippen molar-refractivity contribution in [2.24, 2.45) is 5.11 Å². The standard InChI is InChI=1S/C12H15N3O2S/c1-12(14-15-13,11(16)17-2)9-18-8-10-6-4-3-5-7-10/h3-7H,8-9H2,1-2H3. The van der Waals surface area contributed by atoms with Crippen molar-refractivity contribution in [3.63, 3.8) is 0 Å². The number of benzene rings is 1. The summed E-state index contributed by atoms with van der Waals surface area (Å²) < 4.78 is 4.65. The quantitative estimate of drug-likeness (QED) is 0.343. The van der Waals surface area contributed by atoms with Crippen molar-refractivity contribution in [2.75, 3.05) is 12.9 Å². The predicted octanol–water partition coefficient (Wildman–Crippen LogP) is 3.16. The Morgan fingerprint density at radius 2 is 2.17 bits per heavy atom. The third-order valence-corrected chi connectivity index (χ3v) is 3.69. The summed E-state index contributed by atoms with van der Waals surface area (Å²) in [5.41, 5.74) is 8.52. The highest BCUT2D eigenvalue weighted by Gasteiger charge is 2.33. The molecule has 0 aromatic heterocycles. The molecule has 0 radical (unpaired) electrons. The number of esters is 1. The summed E-state index contributed by atoms with van der Waals surface area (Å²) in [4.78, 5) is 14.3. The minimum atomic E-state index is -1.15. The Labute approximate surface area is 110 Å². The van der Waals surface area contributed by atoms with Crippen molar-refractivity contribution in [2.45, 2.75) is 18.2 Å². The number of carbonyl (C=O) groups is 1. The van der Waals surface area contributed by atoms with Gasteiger partial charge in [-0.15, -0.1) is 0 Å². The summed E-state index contributed by atoms with van der Waals surface area (Å²) in [6, 6.07) is 9.89. The van der Waals surface area contributed by atoms with Crippen LogP contribution in [0.15, 0.2) is 35.4 Å². The summed E-state index contributed by atoms with van der Waals surface area (Å²) in [7, 11) is 1.29. The van der Waals surface area contributed by atoms with E-state index >= 15 is 0 Å². The second kappa shape index (κ2) is 6.93. The summed E-state index contributed by atoms with van der Waals surface area (Å²) in [5, 5.41) is 3.54. The van der Waals surface area contributed by atoms with Crippen LogP contribution in [0.2, 0.25) is 0 Å². The zero-order valence-electron chi connectivity index (χ0n) is 10.4. The summed E-state index contributed by atoms with van der Waals surface area (Å²) in [6.45, 7) is 1.58. The normalized spacial score (nSPS) is 13.2. The monoisotopic (exact) mass is 265 g/mol. The molecule has 0 saturated carbocycles. The van der Waals surface area contributed by atoms with Gasteiger partial charge in [-0.1, -0.05) is 35.4 Å². The summed E-state index contributed by atoms with van der Waals surface area (Å²) in [5.74, 6) is 0.633. The van der Waals surface area contributed by atoms with Crippen molar-refractivity contribution in [1.82, 2.24) is 0 Å². The Morgan fingerprint density at radius 1 is 1.50 bits per heavy atom. The van der Waals surface area contributed by atoms with Crippen LogP contribution in [0.5, 0.6) is 0 Å². The highest BCUT2D eigenvalue weighted by Crippen LogP contribution is 2.22. The van der Waals surface area contributed by atoms with E-state index in [0.29, 0.717) is 5.75 Å². The average Bonchev–Trinajstić information content (AvgIpc) is 2.39. The van der Waals surface area contributed by atoms with Crippen molar-refractivity contribution in [1.29, 1.82) is 0 Å². The molecule has 96 valence electrons. The first kappa shape index (κ1) is 14.4. The topological polar surface area (TPSA) is 75.1 Å². The number of rotatable bonds is 6. The molecule has 0 heterocycles. The fourth-order valence-electron chi connectivity index (χ4n) is 1.39. The smallest absolute Gasteiger partial charge is 0.318 e. The van der Waals surface area contributed by atoms with Gasteiger partial charge in [0.1, 0.15) is 0 Å². The van der Waals surface area contributed by atoms with E-state index < -0.39 is 11.5 Å². The van der Waals surface area contributed by atoms with E-state index in [-0.39, 0.29) is 0 Å². The molecular formula is C12H15N3O2S. The summed E-state index contributed by atoms with van der Waals surface area (Å²) in [6.07, 6.45) is 0. The van der Waals surface area contributed by atoms with Gasteiger partial charge < -0.3 is 4.74 Å². The molecule has 0 saturated heterocycles. The van der Waals surface area contributed by atoms with Gasteiger partial charge in [0.05, 0.1) is 7.11 Å². The molecule has 1 aromatic carbocycles. The molecule has 1 atom stereocenters. The molecule has 0 aliphatic carbocycles. The molecule has 0 spiro atoms. The van der Waals surface area contributed by atoms with E-state index in [0.717, 1.165) is 11.3 Å². The van der Waals surface area contributed by atoms with Gasteiger partial charge in [-0.25, -0.2) is 0 Å². The van der Waals surface area contributed by atoms with E-state index in [4.69, 9.17) is 5.53 Å². The second-order valence-corrected chi connectivity index (χ2v) is 4.92. The summed E-state index contributed by atoms with van der Waals surface area (Å²) >= 11 is 1.53. The number of carbonyl (C=O) groups excluding carboxylic acids is 1. The second-order valence-electron chi connectivity index (χ2n) is 3.93. The van der Waals surface area contributed by atoms with Crippen LogP contribution in [0.4, 0.5) is 0 Å². The van der Waals surface area contributed by atoms with Gasteiger partial charge >= 0.3 is 5.97 Å². The number of ether oxygens (including phenoxy) is 1. The van der Waals surface area contributed by atoms with E-state index in [1.165, 1.54) is 18.9 Å². The lowest BCUT2D eigenvalue weighted by molar-refractivity contribution is -0.145. The largest absolute Gasteiger partial charge is 0.468 e. The van der Waals surface area contributed by atoms with Crippen LogP contribution in [0.3, 0.4) is 0 Å². The lowest BCUT2D eigenvalue weighted by atomic mass is 10.1. The molecule has 0 amide bonds. The lowest BCUT2D eigenvalue weighted by Gasteiger charge is -2.20. The third kappa shape index (κ3) is 3.98. The van der Waals surface area contributed by atoms with Crippen molar-refractivity contribution in [3.8, 4) is 0 Å². The lowest BCUT2D eigenvalue weighted by Crippen LogP contribution is -2.36. The number of thioether (sulfide) groups is 1. The first-order valence-corrected chi connectivity index (χ1v) is 6.54. The molecule has 0 bridgehead atoms. The fourth-order valence-corrected chi connectivity index (χ4v) is 2.49. The van der Waals surface area contributed by atoms with Crippen LogP contribution >= 0.6 is 11.8 Å². The Kier molecular flexibility index (Phi) is 5.55. The highest BCUT2D eigenvalue weighted by atomic mass is 32.2. The minimum Gasteiger partial charge on any atom is -0.468 e. The maximum atomic E-state index is 11.6. The number of hydrogen-bond acceptors (Lipinski definition) is 4. The fraction of sp³-hybridized carbons (Fsp3) is 0.417. The van der Waals surface area contributed by atoms with Crippen molar-refractivity contribution in [3.05, 3.63) is 46.3 Å². The molecule has 18 heavy (non-hydrogen) atoms. The Hall–Kier alpha value is -1.65. The van der Waals surface area contributed by atoms with Crippen LogP contribution in [0, 0.1) is 0 Å². The van der Waals surface area contributed by atoms with E-state index in [1.54, 1.807) is 6.92 Å². The molecule has 0 aliphatic heterocycles. The van der Waals surface area contributed by atoms with Gasteiger partial charge in [0.15, 0.2) is 5.54 Å². The van der Waals surface area contributed by atoms with Crippen LogP contribution in [0.25, 0.3) is 10.4 Å². The average molecular weight is 265 g/mol. The van der Waals surface area contributed by atoms with Gasteiger partial charge in [0, 0.05) is 16.4 Å². The van der Waals surface area contributed by atoms with E-state index in [9.17, 15) is 4.79 Å². The van der Waals surface area contributed by atoms with Gasteiger partial charge in [0.25, 0.3) is 0 Å². The number of hydrogen-bond donors (Lipinski definition) is 0. The maximum Gasteiger partial charge on any atom is 0.318 e.